The van der Waals surface area contributed by atoms with Crippen molar-refractivity contribution in [2.24, 2.45) is 0 Å². The fourth-order valence-electron chi connectivity index (χ4n) is 8.05. The molecule has 8 aromatic carbocycles. The molecule has 2 aromatic heterocycles. The zero-order valence-corrected chi connectivity index (χ0v) is 34.4. The second-order valence-corrected chi connectivity index (χ2v) is 16.4. The van der Waals surface area contributed by atoms with Crippen LogP contribution in [0.5, 0.6) is 0 Å². The molecule has 2 nitrogen and oxygen atoms in total. The smallest absolute Gasteiger partial charge is 0.109 e. The second kappa shape index (κ2) is 16.9. The highest BCUT2D eigenvalue weighted by Crippen LogP contribution is 2.62. The first-order valence-corrected chi connectivity index (χ1v) is 21.8. The van der Waals surface area contributed by atoms with Gasteiger partial charge in [-0.25, -0.2) is 0 Å². The van der Waals surface area contributed by atoms with E-state index in [1.54, 1.807) is 0 Å². The fraction of sp³-hybridized carbons (Fsp3) is 0. The Morgan fingerprint density at radius 1 is 0.217 bits per heavy atom. The third-order valence-electron chi connectivity index (χ3n) is 10.7. The van der Waals surface area contributed by atoms with Crippen LogP contribution in [0, 0.1) is 0 Å². The summed E-state index contributed by atoms with van der Waals surface area (Å²) in [6, 6.07) is 87.0. The molecule has 4 heteroatoms. The Balaban J connectivity index is 1.38. The third-order valence-corrected chi connectivity index (χ3v) is 13.2. The standard InChI is InChI=1S/C56H40N2S2/c1-9-25-41(26-10-1)49-51(43-29-13-3-14-30-43)55(57(45-33-17-5-18-34-45)46-35-19-6-20-36-46)59-53(49)54-50(42-27-11-2-12-28-42)52(44-31-15-4-16-32-44)56(60-54)58(47-37-21-7-22-38-47)48-39-23-8-24-40-48/h1-40H. The van der Waals surface area contributed by atoms with Crippen LogP contribution in [-0.4, -0.2) is 0 Å². The van der Waals surface area contributed by atoms with Crippen molar-refractivity contribution in [1.82, 2.24) is 0 Å². The normalized spacial score (nSPS) is 11.0. The van der Waals surface area contributed by atoms with E-state index in [-0.39, 0.29) is 0 Å². The van der Waals surface area contributed by atoms with E-state index in [0.717, 1.165) is 32.8 Å². The first-order valence-electron chi connectivity index (χ1n) is 20.2. The predicted molar refractivity (Wildman–Crippen MR) is 259 cm³/mol. The lowest BCUT2D eigenvalue weighted by atomic mass is 9.91. The number of anilines is 6. The van der Waals surface area contributed by atoms with Gasteiger partial charge in [0.1, 0.15) is 10.0 Å². The zero-order chi connectivity index (χ0) is 40.1. The van der Waals surface area contributed by atoms with Crippen LogP contribution in [0.3, 0.4) is 0 Å². The topological polar surface area (TPSA) is 6.48 Å². The molecule has 0 fully saturated rings. The van der Waals surface area contributed by atoms with Crippen LogP contribution in [0.25, 0.3) is 54.3 Å². The number of hydrogen-bond acceptors (Lipinski definition) is 4. The molecule has 0 spiro atoms. The number of benzene rings is 8. The highest BCUT2D eigenvalue weighted by molar-refractivity contribution is 7.27. The highest BCUT2D eigenvalue weighted by atomic mass is 32.1. The molecule has 0 bridgehead atoms. The van der Waals surface area contributed by atoms with Gasteiger partial charge in [0.25, 0.3) is 0 Å². The van der Waals surface area contributed by atoms with Gasteiger partial charge in [-0.1, -0.05) is 194 Å². The Morgan fingerprint density at radius 2 is 0.417 bits per heavy atom. The summed E-state index contributed by atoms with van der Waals surface area (Å²) in [5.74, 6) is 0. The lowest BCUT2D eigenvalue weighted by molar-refractivity contribution is 1.32. The molecule has 10 aromatic rings. The van der Waals surface area contributed by atoms with Crippen LogP contribution in [-0.2, 0) is 0 Å². The molecular formula is C56H40N2S2. The predicted octanol–water partition coefficient (Wildman–Crippen LogP) is 17.1. The molecule has 60 heavy (non-hydrogen) atoms. The average Bonchev–Trinajstić information content (AvgIpc) is 3.91. The van der Waals surface area contributed by atoms with Gasteiger partial charge in [-0.3, -0.25) is 0 Å². The zero-order valence-electron chi connectivity index (χ0n) is 32.8. The van der Waals surface area contributed by atoms with Crippen LogP contribution in [0.1, 0.15) is 0 Å². The highest BCUT2D eigenvalue weighted by Gasteiger charge is 2.33. The Labute approximate surface area is 360 Å². The van der Waals surface area contributed by atoms with Crippen molar-refractivity contribution in [3.05, 3.63) is 243 Å². The molecule has 0 saturated heterocycles. The Hall–Kier alpha value is -7.24. The van der Waals surface area contributed by atoms with Crippen molar-refractivity contribution in [2.45, 2.75) is 0 Å². The summed E-state index contributed by atoms with van der Waals surface area (Å²) in [6.07, 6.45) is 0. The van der Waals surface area contributed by atoms with Gasteiger partial charge in [-0.05, 0) is 70.8 Å². The molecule has 2 heterocycles. The van der Waals surface area contributed by atoms with E-state index in [2.05, 4.69) is 252 Å². The molecule has 0 atom stereocenters. The SMILES string of the molecule is c1ccc(-c2c(-c3sc(N(c4ccccc4)c4ccccc4)c(-c4ccccc4)c3-c3ccccc3)sc(N(c3ccccc3)c3ccccc3)c2-c2ccccc2)cc1. The first-order chi connectivity index (χ1) is 29.8. The summed E-state index contributed by atoms with van der Waals surface area (Å²) in [5.41, 5.74) is 13.9. The molecule has 0 N–H and O–H groups in total. The van der Waals surface area contributed by atoms with E-state index in [1.165, 1.54) is 54.3 Å². The summed E-state index contributed by atoms with van der Waals surface area (Å²) in [7, 11) is 0. The quantitative estimate of drug-likeness (QED) is 0.128. The van der Waals surface area contributed by atoms with Crippen molar-refractivity contribution >= 4 is 55.4 Å². The molecule has 0 aliphatic rings. The molecule has 286 valence electrons. The van der Waals surface area contributed by atoms with Gasteiger partial charge in [0.15, 0.2) is 0 Å². The van der Waals surface area contributed by atoms with Crippen LogP contribution in [0.15, 0.2) is 243 Å². The van der Waals surface area contributed by atoms with Gasteiger partial charge >= 0.3 is 0 Å². The molecule has 0 unspecified atom stereocenters. The van der Waals surface area contributed by atoms with Crippen LogP contribution < -0.4 is 9.80 Å². The van der Waals surface area contributed by atoms with E-state index in [9.17, 15) is 0 Å². The summed E-state index contributed by atoms with van der Waals surface area (Å²) in [4.78, 5) is 7.33. The number of nitrogens with zero attached hydrogens (tertiary/aromatic N) is 2. The minimum atomic E-state index is 1.10. The van der Waals surface area contributed by atoms with Gasteiger partial charge in [0, 0.05) is 45.0 Å². The average molecular weight is 805 g/mol. The van der Waals surface area contributed by atoms with E-state index in [0.29, 0.717) is 0 Å². The largest absolute Gasteiger partial charge is 0.301 e. The Bertz CT molecular complexity index is 2650. The monoisotopic (exact) mass is 804 g/mol. The molecule has 10 rings (SSSR count). The van der Waals surface area contributed by atoms with Crippen molar-refractivity contribution < 1.29 is 0 Å². The molecular weight excluding hydrogens is 765 g/mol. The van der Waals surface area contributed by atoms with E-state index >= 15 is 0 Å². The number of para-hydroxylation sites is 4. The summed E-state index contributed by atoms with van der Waals surface area (Å²) >= 11 is 3.75. The molecule has 0 radical (unpaired) electrons. The fourth-order valence-corrected chi connectivity index (χ4v) is 11.0. The molecule has 0 aliphatic heterocycles. The maximum Gasteiger partial charge on any atom is 0.109 e. The van der Waals surface area contributed by atoms with Gasteiger partial charge in [0.2, 0.25) is 0 Å². The van der Waals surface area contributed by atoms with Crippen LogP contribution >= 0.6 is 22.7 Å². The lowest BCUT2D eigenvalue weighted by Crippen LogP contribution is -2.09. The van der Waals surface area contributed by atoms with Crippen molar-refractivity contribution in [3.63, 3.8) is 0 Å². The minimum absolute atomic E-state index is 1.10. The lowest BCUT2D eigenvalue weighted by Gasteiger charge is -2.25. The summed E-state index contributed by atoms with van der Waals surface area (Å²) in [6.45, 7) is 0. The number of hydrogen-bond donors (Lipinski definition) is 0. The Morgan fingerprint density at radius 3 is 0.650 bits per heavy atom. The number of thiophene rings is 2. The minimum Gasteiger partial charge on any atom is -0.301 e. The maximum absolute atomic E-state index is 2.44. The van der Waals surface area contributed by atoms with E-state index in [4.69, 9.17) is 0 Å². The van der Waals surface area contributed by atoms with E-state index < -0.39 is 0 Å². The van der Waals surface area contributed by atoms with Crippen molar-refractivity contribution in [2.75, 3.05) is 9.80 Å². The molecule has 0 saturated carbocycles. The van der Waals surface area contributed by atoms with Crippen LogP contribution in [0.4, 0.5) is 32.8 Å². The Kier molecular flexibility index (Phi) is 10.5. The molecule has 0 amide bonds. The van der Waals surface area contributed by atoms with E-state index in [1.807, 2.05) is 22.7 Å². The van der Waals surface area contributed by atoms with Crippen molar-refractivity contribution in [3.8, 4) is 54.3 Å². The van der Waals surface area contributed by atoms with Gasteiger partial charge in [-0.15, -0.1) is 22.7 Å². The van der Waals surface area contributed by atoms with Gasteiger partial charge in [-0.2, -0.15) is 0 Å². The maximum atomic E-state index is 2.44. The summed E-state index contributed by atoms with van der Waals surface area (Å²) in [5, 5.41) is 2.32. The van der Waals surface area contributed by atoms with Crippen LogP contribution in [0.2, 0.25) is 0 Å². The third kappa shape index (κ3) is 7.13. The van der Waals surface area contributed by atoms with Gasteiger partial charge < -0.3 is 9.80 Å². The van der Waals surface area contributed by atoms with Gasteiger partial charge in [0.05, 0.1) is 9.75 Å². The first kappa shape index (κ1) is 37.1. The molecule has 0 aliphatic carbocycles. The second-order valence-electron chi connectivity index (χ2n) is 14.4. The van der Waals surface area contributed by atoms with Crippen molar-refractivity contribution in [1.29, 1.82) is 0 Å². The summed E-state index contributed by atoms with van der Waals surface area (Å²) < 4.78 is 0. The number of rotatable bonds is 11.